The van der Waals surface area contributed by atoms with Gasteiger partial charge in [0.2, 0.25) is 5.91 Å². The normalized spacial score (nSPS) is 30.7. The molecule has 5 unspecified atom stereocenters. The molecule has 2 aliphatic carbocycles. The van der Waals surface area contributed by atoms with Crippen LogP contribution in [0.5, 0.6) is 0 Å². The van der Waals surface area contributed by atoms with E-state index in [0.717, 1.165) is 6.42 Å². The Morgan fingerprint density at radius 1 is 1.27 bits per heavy atom. The zero-order chi connectivity index (χ0) is 15.1. The molecule has 0 saturated heterocycles. The number of amides is 1. The summed E-state index contributed by atoms with van der Waals surface area (Å²) < 4.78 is 0. The fraction of sp³-hybridized carbons (Fsp3) is 0.611. The lowest BCUT2D eigenvalue weighted by atomic mass is 9.84. The number of carbonyl (C=O) groups excluding carboxylic acids is 1. The van der Waals surface area contributed by atoms with Gasteiger partial charge in [0.1, 0.15) is 0 Å². The zero-order valence-electron chi connectivity index (χ0n) is 13.6. The Labute approximate surface area is 139 Å². The number of hydrogen-bond donors (Lipinski definition) is 2. The summed E-state index contributed by atoms with van der Waals surface area (Å²) in [5.74, 6) is 1.26. The van der Waals surface area contributed by atoms with Crippen molar-refractivity contribution in [1.29, 1.82) is 0 Å². The van der Waals surface area contributed by atoms with Crippen LogP contribution in [0.4, 0.5) is 0 Å². The monoisotopic (exact) mass is 322 g/mol. The van der Waals surface area contributed by atoms with Crippen molar-refractivity contribution < 1.29 is 4.79 Å². The molecule has 0 aliphatic heterocycles. The van der Waals surface area contributed by atoms with Gasteiger partial charge in [0.25, 0.3) is 0 Å². The Hall–Kier alpha value is -1.06. The molecule has 122 valence electrons. The van der Waals surface area contributed by atoms with Crippen molar-refractivity contribution >= 4 is 18.3 Å². The van der Waals surface area contributed by atoms with Crippen LogP contribution >= 0.6 is 12.4 Å². The SMILES string of the molecule is Cc1ccc(C(C)NC(=O)C2C3CCC(C3)C2N)c(C)c1.Cl. The number of halogens is 1. The van der Waals surface area contributed by atoms with E-state index in [1.807, 2.05) is 0 Å². The van der Waals surface area contributed by atoms with Crippen LogP contribution in [0.3, 0.4) is 0 Å². The van der Waals surface area contributed by atoms with E-state index < -0.39 is 0 Å². The summed E-state index contributed by atoms with van der Waals surface area (Å²) in [6.45, 7) is 6.26. The van der Waals surface area contributed by atoms with E-state index in [9.17, 15) is 4.79 Å². The van der Waals surface area contributed by atoms with E-state index in [4.69, 9.17) is 5.73 Å². The van der Waals surface area contributed by atoms with Crippen LogP contribution in [-0.2, 0) is 4.79 Å². The van der Waals surface area contributed by atoms with E-state index >= 15 is 0 Å². The van der Waals surface area contributed by atoms with Crippen LogP contribution in [0.1, 0.15) is 48.9 Å². The molecule has 1 amide bonds. The maximum atomic E-state index is 12.6. The highest BCUT2D eigenvalue weighted by molar-refractivity contribution is 5.85. The maximum Gasteiger partial charge on any atom is 0.225 e. The van der Waals surface area contributed by atoms with Crippen molar-refractivity contribution in [3.8, 4) is 0 Å². The average Bonchev–Trinajstić information content (AvgIpc) is 2.98. The lowest BCUT2D eigenvalue weighted by molar-refractivity contribution is -0.127. The van der Waals surface area contributed by atoms with Gasteiger partial charge >= 0.3 is 0 Å². The van der Waals surface area contributed by atoms with Gasteiger partial charge in [-0.05, 0) is 63.0 Å². The minimum absolute atomic E-state index is 0. The number of nitrogens with one attached hydrogen (secondary N) is 1. The second-order valence-electron chi connectivity index (χ2n) is 7.03. The molecule has 0 heterocycles. The number of nitrogens with two attached hydrogens (primary N) is 1. The highest BCUT2D eigenvalue weighted by Crippen LogP contribution is 2.47. The molecule has 1 aromatic carbocycles. The van der Waals surface area contributed by atoms with Gasteiger partial charge in [-0.2, -0.15) is 0 Å². The number of hydrogen-bond acceptors (Lipinski definition) is 2. The molecule has 3 nitrogen and oxygen atoms in total. The summed E-state index contributed by atoms with van der Waals surface area (Å²) in [6.07, 6.45) is 3.54. The summed E-state index contributed by atoms with van der Waals surface area (Å²) in [4.78, 5) is 12.6. The van der Waals surface area contributed by atoms with E-state index in [1.54, 1.807) is 0 Å². The van der Waals surface area contributed by atoms with E-state index in [1.165, 1.54) is 29.5 Å². The maximum absolute atomic E-state index is 12.6. The van der Waals surface area contributed by atoms with Gasteiger partial charge < -0.3 is 11.1 Å². The molecule has 2 saturated carbocycles. The standard InChI is InChI=1S/C18H26N2O.ClH/c1-10-4-7-15(11(2)8-10)12(3)20-18(21)16-13-5-6-14(9-13)17(16)19;/h4,7-8,12-14,16-17H,5-6,9,19H2,1-3H3,(H,20,21);1H. The third-order valence-electron chi connectivity index (χ3n) is 5.53. The van der Waals surface area contributed by atoms with Gasteiger partial charge in [-0.1, -0.05) is 23.8 Å². The van der Waals surface area contributed by atoms with Gasteiger partial charge in [0.15, 0.2) is 0 Å². The second-order valence-corrected chi connectivity index (χ2v) is 7.03. The molecule has 2 fully saturated rings. The predicted molar refractivity (Wildman–Crippen MR) is 92.0 cm³/mol. The summed E-state index contributed by atoms with van der Waals surface area (Å²) in [5, 5.41) is 3.19. The molecular formula is C18H27ClN2O. The first-order valence-electron chi connectivity index (χ1n) is 8.10. The summed E-state index contributed by atoms with van der Waals surface area (Å²) >= 11 is 0. The Balaban J connectivity index is 0.00000176. The Bertz CT molecular complexity index is 558. The van der Waals surface area contributed by atoms with Gasteiger partial charge in [-0.25, -0.2) is 0 Å². The highest BCUT2D eigenvalue weighted by Gasteiger charge is 2.49. The molecule has 3 rings (SSSR count). The molecule has 3 N–H and O–H groups in total. The first-order chi connectivity index (χ1) is 9.97. The molecule has 0 aromatic heterocycles. The number of benzene rings is 1. The Morgan fingerprint density at radius 2 is 1.95 bits per heavy atom. The Kier molecular flexibility index (Phi) is 5.18. The second kappa shape index (κ2) is 6.59. The van der Waals surface area contributed by atoms with Crippen LogP contribution in [0, 0.1) is 31.6 Å². The summed E-state index contributed by atoms with van der Waals surface area (Å²) in [5.41, 5.74) is 9.96. The van der Waals surface area contributed by atoms with Gasteiger partial charge in [0.05, 0.1) is 12.0 Å². The zero-order valence-corrected chi connectivity index (χ0v) is 14.5. The van der Waals surface area contributed by atoms with E-state index in [0.29, 0.717) is 11.8 Å². The number of fused-ring (bicyclic) bond motifs is 2. The molecule has 2 aliphatic rings. The van der Waals surface area contributed by atoms with Crippen LogP contribution in [0.2, 0.25) is 0 Å². The topological polar surface area (TPSA) is 55.1 Å². The first-order valence-corrected chi connectivity index (χ1v) is 8.10. The summed E-state index contributed by atoms with van der Waals surface area (Å²) in [6, 6.07) is 6.51. The first kappa shape index (κ1) is 17.3. The minimum atomic E-state index is 0. The van der Waals surface area contributed by atoms with Crippen molar-refractivity contribution in [2.24, 2.45) is 23.5 Å². The molecule has 1 aromatic rings. The minimum Gasteiger partial charge on any atom is -0.349 e. The number of carbonyl (C=O) groups is 1. The largest absolute Gasteiger partial charge is 0.349 e. The molecule has 4 heteroatoms. The third kappa shape index (κ3) is 3.02. The third-order valence-corrected chi connectivity index (χ3v) is 5.53. The molecule has 22 heavy (non-hydrogen) atoms. The molecular weight excluding hydrogens is 296 g/mol. The fourth-order valence-corrected chi connectivity index (χ4v) is 4.42. The van der Waals surface area contributed by atoms with Gasteiger partial charge in [-0.15, -0.1) is 12.4 Å². The predicted octanol–water partition coefficient (Wildman–Crippen LogP) is 3.28. The van der Waals surface area contributed by atoms with Gasteiger partial charge in [0, 0.05) is 6.04 Å². The van der Waals surface area contributed by atoms with Crippen LogP contribution < -0.4 is 11.1 Å². The highest BCUT2D eigenvalue weighted by atomic mass is 35.5. The van der Waals surface area contributed by atoms with E-state index in [-0.39, 0.29) is 36.3 Å². The smallest absolute Gasteiger partial charge is 0.225 e. The average molecular weight is 323 g/mol. The molecule has 5 atom stereocenters. The van der Waals surface area contributed by atoms with Crippen molar-refractivity contribution in [3.05, 3.63) is 34.9 Å². The number of aryl methyl sites for hydroxylation is 2. The lowest BCUT2D eigenvalue weighted by Crippen LogP contribution is -2.45. The van der Waals surface area contributed by atoms with Crippen molar-refractivity contribution in [2.75, 3.05) is 0 Å². The Morgan fingerprint density at radius 3 is 2.55 bits per heavy atom. The van der Waals surface area contributed by atoms with Crippen molar-refractivity contribution in [2.45, 2.75) is 52.1 Å². The molecule has 0 spiro atoms. The summed E-state index contributed by atoms with van der Waals surface area (Å²) in [7, 11) is 0. The quantitative estimate of drug-likeness (QED) is 0.897. The fourth-order valence-electron chi connectivity index (χ4n) is 4.42. The van der Waals surface area contributed by atoms with Crippen LogP contribution in [-0.4, -0.2) is 11.9 Å². The molecule has 0 radical (unpaired) electrons. The van der Waals surface area contributed by atoms with Crippen LogP contribution in [0.25, 0.3) is 0 Å². The van der Waals surface area contributed by atoms with Crippen molar-refractivity contribution in [1.82, 2.24) is 5.32 Å². The number of rotatable bonds is 3. The van der Waals surface area contributed by atoms with E-state index in [2.05, 4.69) is 44.3 Å². The lowest BCUT2D eigenvalue weighted by Gasteiger charge is -2.28. The van der Waals surface area contributed by atoms with Crippen molar-refractivity contribution in [3.63, 3.8) is 0 Å². The van der Waals surface area contributed by atoms with Gasteiger partial charge in [-0.3, -0.25) is 4.79 Å². The van der Waals surface area contributed by atoms with Crippen LogP contribution in [0.15, 0.2) is 18.2 Å². The molecule has 2 bridgehead atoms.